The van der Waals surface area contributed by atoms with Gasteiger partial charge in [-0.3, -0.25) is 9.59 Å². The van der Waals surface area contributed by atoms with E-state index in [1.807, 2.05) is 0 Å². The Morgan fingerprint density at radius 2 is 1.96 bits per heavy atom. The van der Waals surface area contributed by atoms with E-state index in [9.17, 15) is 9.59 Å². The fourth-order valence-electron chi connectivity index (χ4n) is 1.77. The van der Waals surface area contributed by atoms with Crippen LogP contribution in [-0.2, 0) is 22.6 Å². The summed E-state index contributed by atoms with van der Waals surface area (Å²) in [5, 5.41) is 0.397. The number of imidazole rings is 1. The van der Waals surface area contributed by atoms with Crippen molar-refractivity contribution in [3.63, 3.8) is 0 Å². The number of amides is 1. The molecule has 2 rings (SSSR count). The second kappa shape index (κ2) is 7.40. The number of nitrogens with zero attached hydrogens (tertiary/aromatic N) is 2. The highest BCUT2D eigenvalue weighted by Gasteiger charge is 2.18. The molecule has 8 nitrogen and oxygen atoms in total. The number of hydrogen-bond donors (Lipinski definition) is 3. The molecule has 1 atom stereocenters. The molecule has 0 radical (unpaired) electrons. The molecule has 0 aliphatic carbocycles. The lowest BCUT2D eigenvalue weighted by Crippen LogP contribution is -2.34. The summed E-state index contributed by atoms with van der Waals surface area (Å²) < 4.78 is 5.09. The van der Waals surface area contributed by atoms with Gasteiger partial charge in [-0.25, -0.2) is 9.97 Å². The molecule has 0 saturated carbocycles. The molecule has 0 aliphatic rings. The van der Waals surface area contributed by atoms with E-state index >= 15 is 0 Å². The average Bonchev–Trinajstić information content (AvgIpc) is 2.92. The average molecular weight is 358 g/mol. The van der Waals surface area contributed by atoms with Crippen molar-refractivity contribution in [2.24, 2.45) is 11.5 Å². The van der Waals surface area contributed by atoms with E-state index in [0.717, 1.165) is 0 Å². The van der Waals surface area contributed by atoms with Gasteiger partial charge in [0.05, 0.1) is 0 Å². The first-order valence-corrected chi connectivity index (χ1v) is 7.18. The maximum absolute atomic E-state index is 11.9. The molecule has 5 N–H and O–H groups in total. The second-order valence-corrected chi connectivity index (χ2v) is 5.43. The smallest absolute Gasteiger partial charge is 0.323 e. The first-order valence-electron chi connectivity index (χ1n) is 6.43. The number of ether oxygens (including phenoxy) is 1. The van der Waals surface area contributed by atoms with E-state index in [4.69, 9.17) is 39.4 Å². The van der Waals surface area contributed by atoms with Crippen LogP contribution in [0.5, 0.6) is 0 Å². The number of H-pyrrole nitrogens is 1. The molecule has 122 valence electrons. The van der Waals surface area contributed by atoms with Crippen LogP contribution < -0.4 is 11.5 Å². The van der Waals surface area contributed by atoms with Gasteiger partial charge in [0.2, 0.25) is 0 Å². The van der Waals surface area contributed by atoms with Crippen molar-refractivity contribution >= 4 is 35.1 Å². The van der Waals surface area contributed by atoms with Crippen molar-refractivity contribution in [3.05, 3.63) is 45.7 Å². The van der Waals surface area contributed by atoms with Crippen LogP contribution in [0.1, 0.15) is 21.9 Å². The number of halogens is 2. The highest BCUT2D eigenvalue weighted by Crippen LogP contribution is 2.15. The topological polar surface area (TPSA) is 137 Å². The molecule has 10 heteroatoms. The lowest BCUT2D eigenvalue weighted by Gasteiger charge is -2.11. The quantitative estimate of drug-likeness (QED) is 0.517. The van der Waals surface area contributed by atoms with Gasteiger partial charge in [0, 0.05) is 18.3 Å². The number of esters is 1. The highest BCUT2D eigenvalue weighted by atomic mass is 35.5. The van der Waals surface area contributed by atoms with E-state index in [0.29, 0.717) is 11.3 Å². The third kappa shape index (κ3) is 4.92. The van der Waals surface area contributed by atoms with Gasteiger partial charge in [-0.2, -0.15) is 0 Å². The molecule has 0 aromatic carbocycles. The number of carbonyl (C=O) groups excluding carboxylic acids is 2. The minimum Gasteiger partial charge on any atom is -0.460 e. The first kappa shape index (κ1) is 17.2. The van der Waals surface area contributed by atoms with Crippen molar-refractivity contribution in [1.82, 2.24) is 15.0 Å². The number of nitrogens with two attached hydrogens (primary N) is 2. The van der Waals surface area contributed by atoms with E-state index < -0.39 is 17.9 Å². The molecule has 0 bridgehead atoms. The van der Waals surface area contributed by atoms with E-state index in [-0.39, 0.29) is 29.2 Å². The summed E-state index contributed by atoms with van der Waals surface area (Å²) in [6, 6.07) is 2.13. The Bertz CT molecular complexity index is 714. The van der Waals surface area contributed by atoms with Crippen molar-refractivity contribution in [1.29, 1.82) is 0 Å². The molecule has 1 amide bonds. The Balaban J connectivity index is 1.90. The summed E-state index contributed by atoms with van der Waals surface area (Å²) in [5.41, 5.74) is 11.9. The van der Waals surface area contributed by atoms with Crippen LogP contribution in [0.2, 0.25) is 10.3 Å². The zero-order chi connectivity index (χ0) is 17.0. The van der Waals surface area contributed by atoms with Crippen LogP contribution in [0.3, 0.4) is 0 Å². The summed E-state index contributed by atoms with van der Waals surface area (Å²) in [6.07, 6.45) is 1.51. The van der Waals surface area contributed by atoms with Crippen molar-refractivity contribution < 1.29 is 14.3 Å². The zero-order valence-corrected chi connectivity index (χ0v) is 13.3. The number of pyridine rings is 1. The third-order valence-electron chi connectivity index (χ3n) is 2.81. The monoisotopic (exact) mass is 357 g/mol. The van der Waals surface area contributed by atoms with Gasteiger partial charge in [0.25, 0.3) is 5.91 Å². The molecule has 23 heavy (non-hydrogen) atoms. The lowest BCUT2D eigenvalue weighted by atomic mass is 10.2. The van der Waals surface area contributed by atoms with Gasteiger partial charge in [-0.05, 0) is 17.7 Å². The summed E-state index contributed by atoms with van der Waals surface area (Å²) >= 11 is 11.5. The SMILES string of the molecule is NC(=O)c1ncc(C[C@H](N)C(=O)OCc2cc(Cl)nc(Cl)c2)[nH]1. The molecular formula is C13H13Cl2N5O3. The Morgan fingerprint density at radius 3 is 2.52 bits per heavy atom. The molecule has 2 aromatic heterocycles. The number of aromatic amines is 1. The molecule has 0 spiro atoms. The summed E-state index contributed by atoms with van der Waals surface area (Å²) in [4.78, 5) is 33.0. The number of nitrogens with one attached hydrogen (secondary N) is 1. The zero-order valence-electron chi connectivity index (χ0n) is 11.8. The van der Waals surface area contributed by atoms with Crippen LogP contribution in [0, 0.1) is 0 Å². The predicted octanol–water partition coefficient (Wildman–Crippen LogP) is 0.824. The summed E-state index contributed by atoms with van der Waals surface area (Å²) in [5.74, 6) is -1.32. The Labute approximate surface area is 141 Å². The van der Waals surface area contributed by atoms with Gasteiger partial charge in [0.1, 0.15) is 23.0 Å². The normalized spacial score (nSPS) is 12.0. The van der Waals surface area contributed by atoms with Crippen LogP contribution in [0.25, 0.3) is 0 Å². The maximum Gasteiger partial charge on any atom is 0.323 e. The van der Waals surface area contributed by atoms with E-state index in [1.54, 1.807) is 0 Å². The van der Waals surface area contributed by atoms with Gasteiger partial charge >= 0.3 is 5.97 Å². The maximum atomic E-state index is 11.9. The predicted molar refractivity (Wildman–Crippen MR) is 82.8 cm³/mol. The van der Waals surface area contributed by atoms with E-state index in [1.165, 1.54) is 18.3 Å². The Hall–Kier alpha value is -2.16. The van der Waals surface area contributed by atoms with Crippen LogP contribution in [0.4, 0.5) is 0 Å². The fourth-order valence-corrected chi connectivity index (χ4v) is 2.27. The first-order chi connectivity index (χ1) is 10.8. The molecule has 0 aliphatic heterocycles. The summed E-state index contributed by atoms with van der Waals surface area (Å²) in [6.45, 7) is -0.0377. The molecular weight excluding hydrogens is 345 g/mol. The second-order valence-electron chi connectivity index (χ2n) is 4.66. The van der Waals surface area contributed by atoms with Gasteiger partial charge < -0.3 is 21.2 Å². The van der Waals surface area contributed by atoms with Crippen molar-refractivity contribution in [3.8, 4) is 0 Å². The molecule has 0 saturated heterocycles. The lowest BCUT2D eigenvalue weighted by molar-refractivity contribution is -0.146. The van der Waals surface area contributed by atoms with Gasteiger partial charge in [-0.1, -0.05) is 23.2 Å². The third-order valence-corrected chi connectivity index (χ3v) is 3.20. The Morgan fingerprint density at radius 1 is 1.30 bits per heavy atom. The van der Waals surface area contributed by atoms with Gasteiger partial charge in [0.15, 0.2) is 5.82 Å². The number of carbonyl (C=O) groups is 2. The molecule has 0 unspecified atom stereocenters. The number of aromatic nitrogens is 3. The number of rotatable bonds is 6. The van der Waals surface area contributed by atoms with Crippen LogP contribution in [-0.4, -0.2) is 32.9 Å². The van der Waals surface area contributed by atoms with Crippen molar-refractivity contribution in [2.75, 3.05) is 0 Å². The Kier molecular flexibility index (Phi) is 5.54. The van der Waals surface area contributed by atoms with E-state index in [2.05, 4.69) is 15.0 Å². The molecule has 0 fully saturated rings. The highest BCUT2D eigenvalue weighted by molar-refractivity contribution is 6.32. The fraction of sp³-hybridized carbons (Fsp3) is 0.231. The summed E-state index contributed by atoms with van der Waals surface area (Å²) in [7, 11) is 0. The van der Waals surface area contributed by atoms with Crippen LogP contribution in [0.15, 0.2) is 18.3 Å². The largest absolute Gasteiger partial charge is 0.460 e. The molecule has 2 aromatic rings. The number of hydrogen-bond acceptors (Lipinski definition) is 6. The minimum absolute atomic E-state index is 0.00152. The van der Waals surface area contributed by atoms with Crippen LogP contribution >= 0.6 is 23.2 Å². The van der Waals surface area contributed by atoms with Gasteiger partial charge in [-0.15, -0.1) is 0 Å². The number of primary amides is 1. The standard InChI is InChI=1S/C13H13Cl2N5O3/c14-9-1-6(2-10(15)20-9)5-23-13(22)8(16)3-7-4-18-12(19-7)11(17)21/h1-2,4,8H,3,5,16H2,(H2,17,21)(H,18,19)/t8-/m0/s1. The molecule has 2 heterocycles. The van der Waals surface area contributed by atoms with Crippen molar-refractivity contribution in [2.45, 2.75) is 19.1 Å². The minimum atomic E-state index is -0.927.